The summed E-state index contributed by atoms with van der Waals surface area (Å²) in [7, 11) is 3.61. The van der Waals surface area contributed by atoms with Crippen molar-refractivity contribution in [3.63, 3.8) is 0 Å². The monoisotopic (exact) mass is 437 g/mol. The van der Waals surface area contributed by atoms with Gasteiger partial charge in [0.15, 0.2) is 0 Å². The second-order valence-electron chi connectivity index (χ2n) is 9.11. The number of hydrogen-bond donors (Lipinski definition) is 0. The van der Waals surface area contributed by atoms with Gasteiger partial charge in [0.25, 0.3) is 5.91 Å². The third-order valence-electron chi connectivity index (χ3n) is 6.96. The first-order chi connectivity index (χ1) is 15.6. The van der Waals surface area contributed by atoms with E-state index < -0.39 is 0 Å². The van der Waals surface area contributed by atoms with Crippen LogP contribution in [-0.2, 0) is 18.3 Å². The van der Waals surface area contributed by atoms with Crippen molar-refractivity contribution in [2.24, 2.45) is 13.0 Å². The largest absolute Gasteiger partial charge is 0.497 e. The molecule has 0 bridgehead atoms. The minimum absolute atomic E-state index is 0.0304. The summed E-state index contributed by atoms with van der Waals surface area (Å²) in [5.41, 5.74) is 2.57. The fraction of sp³-hybridized carbons (Fsp3) is 0.538. The van der Waals surface area contributed by atoms with Crippen LogP contribution in [0.5, 0.6) is 5.75 Å². The lowest BCUT2D eigenvalue weighted by Crippen LogP contribution is -2.32. The molecule has 2 fully saturated rings. The standard InChI is InChI=1S/C26H35N3O3/c1-19(16-20-6-4-5-7-20)29(18-21-8-10-23(31-3)11-9-21)26(30)24-17-27-25(28(24)2)22-12-14-32-15-13-22/h8-11,17,20,22H,1,4-7,12-16,18H2,2-3H3. The quantitative estimate of drug-likeness (QED) is 0.579. The van der Waals surface area contributed by atoms with Gasteiger partial charge < -0.3 is 18.9 Å². The van der Waals surface area contributed by atoms with E-state index in [2.05, 4.69) is 11.6 Å². The number of aromatic nitrogens is 2. The van der Waals surface area contributed by atoms with Crippen LogP contribution in [0.15, 0.2) is 42.7 Å². The number of carbonyl (C=O) groups is 1. The summed E-state index contributed by atoms with van der Waals surface area (Å²) in [6, 6.07) is 7.90. The first-order valence-electron chi connectivity index (χ1n) is 11.8. The lowest BCUT2D eigenvalue weighted by atomic mass is 9.99. The van der Waals surface area contributed by atoms with E-state index in [-0.39, 0.29) is 5.91 Å². The zero-order chi connectivity index (χ0) is 22.5. The van der Waals surface area contributed by atoms with Crippen LogP contribution in [0, 0.1) is 5.92 Å². The molecule has 2 aliphatic rings. The average molecular weight is 438 g/mol. The molecule has 0 N–H and O–H groups in total. The predicted molar refractivity (Wildman–Crippen MR) is 125 cm³/mol. The Hall–Kier alpha value is -2.60. The molecule has 0 radical (unpaired) electrons. The molecule has 2 heterocycles. The highest BCUT2D eigenvalue weighted by Crippen LogP contribution is 2.32. The van der Waals surface area contributed by atoms with Gasteiger partial charge in [0.1, 0.15) is 17.3 Å². The normalized spacial score (nSPS) is 17.4. The highest BCUT2D eigenvalue weighted by Gasteiger charge is 2.28. The molecule has 1 aromatic heterocycles. The number of allylic oxidation sites excluding steroid dienone is 1. The van der Waals surface area contributed by atoms with Gasteiger partial charge in [-0.3, -0.25) is 4.79 Å². The highest BCUT2D eigenvalue weighted by atomic mass is 16.5. The predicted octanol–water partition coefficient (Wildman–Crippen LogP) is 5.06. The van der Waals surface area contributed by atoms with Gasteiger partial charge in [-0.05, 0) is 42.9 Å². The molecule has 1 amide bonds. The van der Waals surface area contributed by atoms with Crippen molar-refractivity contribution in [1.82, 2.24) is 14.5 Å². The van der Waals surface area contributed by atoms with Crippen LogP contribution in [0.1, 0.15) is 72.7 Å². The lowest BCUT2D eigenvalue weighted by Gasteiger charge is -2.27. The molecular weight excluding hydrogens is 402 g/mol. The maximum atomic E-state index is 13.8. The maximum Gasteiger partial charge on any atom is 0.276 e. The zero-order valence-electron chi connectivity index (χ0n) is 19.4. The fourth-order valence-corrected chi connectivity index (χ4v) is 4.99. The molecule has 1 saturated heterocycles. The van der Waals surface area contributed by atoms with Gasteiger partial charge in [-0.2, -0.15) is 0 Å². The number of carbonyl (C=O) groups excluding carboxylic acids is 1. The summed E-state index contributed by atoms with van der Waals surface area (Å²) in [5, 5.41) is 0. The zero-order valence-corrected chi connectivity index (χ0v) is 19.4. The summed E-state index contributed by atoms with van der Waals surface area (Å²) in [4.78, 5) is 20.3. The molecule has 1 aliphatic carbocycles. The SMILES string of the molecule is C=C(CC1CCCC1)N(Cc1ccc(OC)cc1)C(=O)c1cnc(C2CCOCC2)n1C. The van der Waals surface area contributed by atoms with Crippen molar-refractivity contribution >= 4 is 5.91 Å². The number of benzene rings is 1. The third-order valence-corrected chi connectivity index (χ3v) is 6.96. The molecule has 1 saturated carbocycles. The molecule has 0 atom stereocenters. The molecule has 2 aromatic rings. The molecule has 0 unspecified atom stereocenters. The maximum absolute atomic E-state index is 13.8. The van der Waals surface area contributed by atoms with Gasteiger partial charge in [0.05, 0.1) is 19.9 Å². The van der Waals surface area contributed by atoms with E-state index in [1.165, 1.54) is 25.7 Å². The third kappa shape index (κ3) is 5.07. The number of hydrogen-bond acceptors (Lipinski definition) is 4. The van der Waals surface area contributed by atoms with Crippen molar-refractivity contribution < 1.29 is 14.3 Å². The molecule has 32 heavy (non-hydrogen) atoms. The minimum Gasteiger partial charge on any atom is -0.497 e. The molecule has 6 nitrogen and oxygen atoms in total. The molecule has 0 spiro atoms. The highest BCUT2D eigenvalue weighted by molar-refractivity contribution is 5.93. The Bertz CT molecular complexity index is 922. The van der Waals surface area contributed by atoms with Crippen LogP contribution in [0.4, 0.5) is 0 Å². The van der Waals surface area contributed by atoms with E-state index in [0.717, 1.165) is 55.3 Å². The number of imidazole rings is 1. The van der Waals surface area contributed by atoms with Crippen molar-refractivity contribution in [1.29, 1.82) is 0 Å². The van der Waals surface area contributed by atoms with E-state index in [4.69, 9.17) is 9.47 Å². The smallest absolute Gasteiger partial charge is 0.276 e. The summed E-state index contributed by atoms with van der Waals surface area (Å²) >= 11 is 0. The van der Waals surface area contributed by atoms with Crippen molar-refractivity contribution in [2.45, 2.75) is 57.4 Å². The van der Waals surface area contributed by atoms with Gasteiger partial charge in [0.2, 0.25) is 0 Å². The second kappa shape index (κ2) is 10.3. The first kappa shape index (κ1) is 22.6. The Balaban J connectivity index is 1.57. The van der Waals surface area contributed by atoms with Gasteiger partial charge in [-0.15, -0.1) is 0 Å². The number of methoxy groups -OCH3 is 1. The van der Waals surface area contributed by atoms with Crippen molar-refractivity contribution in [3.8, 4) is 5.75 Å². The summed E-state index contributed by atoms with van der Waals surface area (Å²) in [6.07, 6.45) is 9.50. The van der Waals surface area contributed by atoms with Crippen LogP contribution in [0.25, 0.3) is 0 Å². The first-order valence-corrected chi connectivity index (χ1v) is 11.8. The molecule has 1 aromatic carbocycles. The molecular formula is C26H35N3O3. The number of amides is 1. The summed E-state index contributed by atoms with van der Waals surface area (Å²) in [5.74, 6) is 2.72. The Kier molecular flexibility index (Phi) is 7.30. The van der Waals surface area contributed by atoms with Crippen LogP contribution in [0.2, 0.25) is 0 Å². The Labute approximate surface area is 191 Å². The van der Waals surface area contributed by atoms with Crippen LogP contribution >= 0.6 is 0 Å². The minimum atomic E-state index is -0.0304. The van der Waals surface area contributed by atoms with E-state index in [1.807, 2.05) is 40.8 Å². The number of ether oxygens (including phenoxy) is 2. The molecule has 4 rings (SSSR count). The second-order valence-corrected chi connectivity index (χ2v) is 9.11. The molecule has 172 valence electrons. The average Bonchev–Trinajstić information content (AvgIpc) is 3.47. The topological polar surface area (TPSA) is 56.6 Å². The van der Waals surface area contributed by atoms with Gasteiger partial charge in [-0.1, -0.05) is 44.4 Å². The van der Waals surface area contributed by atoms with E-state index >= 15 is 0 Å². The molecule has 6 heteroatoms. The number of nitrogens with zero attached hydrogens (tertiary/aromatic N) is 3. The Morgan fingerprint density at radius 1 is 1.19 bits per heavy atom. The van der Waals surface area contributed by atoms with E-state index in [1.54, 1.807) is 13.3 Å². The van der Waals surface area contributed by atoms with Crippen LogP contribution in [-0.4, -0.2) is 40.7 Å². The van der Waals surface area contributed by atoms with Crippen LogP contribution < -0.4 is 4.74 Å². The van der Waals surface area contributed by atoms with Crippen LogP contribution in [0.3, 0.4) is 0 Å². The Morgan fingerprint density at radius 3 is 2.53 bits per heavy atom. The fourth-order valence-electron chi connectivity index (χ4n) is 4.99. The molecule has 1 aliphatic heterocycles. The van der Waals surface area contributed by atoms with Gasteiger partial charge in [-0.25, -0.2) is 4.98 Å². The van der Waals surface area contributed by atoms with Gasteiger partial charge in [0, 0.05) is 31.9 Å². The number of rotatable bonds is 8. The van der Waals surface area contributed by atoms with E-state index in [9.17, 15) is 4.79 Å². The Morgan fingerprint density at radius 2 is 1.88 bits per heavy atom. The summed E-state index contributed by atoms with van der Waals surface area (Å²) in [6.45, 7) is 6.35. The summed E-state index contributed by atoms with van der Waals surface area (Å²) < 4.78 is 12.8. The van der Waals surface area contributed by atoms with Crippen molar-refractivity contribution in [2.75, 3.05) is 20.3 Å². The lowest BCUT2D eigenvalue weighted by molar-refractivity contribution is 0.0774. The van der Waals surface area contributed by atoms with E-state index in [0.29, 0.717) is 24.1 Å². The van der Waals surface area contributed by atoms with Gasteiger partial charge >= 0.3 is 0 Å². The van der Waals surface area contributed by atoms with Crippen molar-refractivity contribution in [3.05, 3.63) is 59.8 Å².